The zero-order valence-electron chi connectivity index (χ0n) is 17.1. The van der Waals surface area contributed by atoms with Crippen molar-refractivity contribution >= 4 is 33.1 Å². The fourth-order valence-corrected chi connectivity index (χ4v) is 5.44. The van der Waals surface area contributed by atoms with Crippen molar-refractivity contribution < 1.29 is 5.11 Å². The second kappa shape index (κ2) is 8.17. The molecule has 2 heterocycles. The molecule has 0 aliphatic heterocycles. The van der Waals surface area contributed by atoms with E-state index in [1.165, 1.54) is 34.2 Å². The van der Waals surface area contributed by atoms with Crippen LogP contribution in [0.15, 0.2) is 54.6 Å². The van der Waals surface area contributed by atoms with Crippen molar-refractivity contribution in [1.82, 2.24) is 9.97 Å². The second-order valence-corrected chi connectivity index (χ2v) is 9.05. The van der Waals surface area contributed by atoms with Crippen LogP contribution >= 0.6 is 11.3 Å². The van der Waals surface area contributed by atoms with Crippen LogP contribution < -0.4 is 5.32 Å². The summed E-state index contributed by atoms with van der Waals surface area (Å²) in [5, 5.41) is 14.7. The van der Waals surface area contributed by atoms with E-state index in [9.17, 15) is 5.11 Å². The lowest BCUT2D eigenvalue weighted by Gasteiger charge is -2.14. The number of fused-ring (bicyclic) bond motifs is 3. The van der Waals surface area contributed by atoms with Gasteiger partial charge in [-0.1, -0.05) is 42.5 Å². The Labute approximate surface area is 180 Å². The van der Waals surface area contributed by atoms with E-state index >= 15 is 0 Å². The first-order valence-electron chi connectivity index (χ1n) is 10.6. The Morgan fingerprint density at radius 3 is 2.70 bits per heavy atom. The van der Waals surface area contributed by atoms with E-state index in [4.69, 9.17) is 9.97 Å². The van der Waals surface area contributed by atoms with Gasteiger partial charge in [0.25, 0.3) is 0 Å². The van der Waals surface area contributed by atoms with E-state index in [1.54, 1.807) is 6.92 Å². The number of aryl methyl sites for hydroxylation is 2. The topological polar surface area (TPSA) is 58.0 Å². The normalized spacial score (nSPS) is 14.5. The van der Waals surface area contributed by atoms with E-state index in [0.29, 0.717) is 6.42 Å². The Balaban J connectivity index is 1.60. The molecule has 2 aromatic carbocycles. The average Bonchev–Trinajstić information content (AvgIpc) is 3.13. The van der Waals surface area contributed by atoms with Crippen molar-refractivity contribution in [2.45, 2.75) is 45.1 Å². The highest BCUT2D eigenvalue weighted by molar-refractivity contribution is 7.19. The van der Waals surface area contributed by atoms with Gasteiger partial charge in [-0.2, -0.15) is 0 Å². The Morgan fingerprint density at radius 2 is 1.87 bits per heavy atom. The largest absolute Gasteiger partial charge is 0.389 e. The molecule has 0 bridgehead atoms. The van der Waals surface area contributed by atoms with Gasteiger partial charge in [0.05, 0.1) is 11.5 Å². The fourth-order valence-electron chi connectivity index (χ4n) is 4.16. The van der Waals surface area contributed by atoms with E-state index in [0.717, 1.165) is 40.6 Å². The Kier molecular flexibility index (Phi) is 5.23. The molecule has 0 amide bonds. The van der Waals surface area contributed by atoms with Gasteiger partial charge in [0, 0.05) is 17.0 Å². The van der Waals surface area contributed by atoms with Gasteiger partial charge in [-0.05, 0) is 61.4 Å². The summed E-state index contributed by atoms with van der Waals surface area (Å²) in [7, 11) is 0. The minimum absolute atomic E-state index is 0.500. The summed E-state index contributed by atoms with van der Waals surface area (Å²) in [4.78, 5) is 12.5. The fraction of sp³-hybridized carbons (Fsp3) is 0.280. The second-order valence-electron chi connectivity index (χ2n) is 7.97. The predicted molar refractivity (Wildman–Crippen MR) is 124 cm³/mol. The third-order valence-corrected chi connectivity index (χ3v) is 6.88. The number of aliphatic hydroxyl groups is 1. The molecule has 4 nitrogen and oxygen atoms in total. The summed E-state index contributed by atoms with van der Waals surface area (Å²) in [6.45, 7) is 1.79. The molecule has 2 aromatic heterocycles. The number of aromatic nitrogens is 2. The maximum atomic E-state index is 9.97. The summed E-state index contributed by atoms with van der Waals surface area (Å²) in [6.07, 6.45) is 4.92. The van der Waals surface area contributed by atoms with Crippen LogP contribution in [-0.2, 0) is 19.3 Å². The maximum absolute atomic E-state index is 9.97. The molecule has 152 valence electrons. The first-order valence-corrected chi connectivity index (χ1v) is 11.4. The van der Waals surface area contributed by atoms with Crippen LogP contribution in [0.2, 0.25) is 0 Å². The minimum atomic E-state index is -0.500. The third-order valence-electron chi connectivity index (χ3n) is 5.70. The molecule has 0 fully saturated rings. The number of hydrogen-bond donors (Lipinski definition) is 2. The highest BCUT2D eigenvalue weighted by Gasteiger charge is 2.21. The molecule has 1 unspecified atom stereocenters. The van der Waals surface area contributed by atoms with Gasteiger partial charge in [-0.25, -0.2) is 9.97 Å². The molecule has 0 spiro atoms. The van der Waals surface area contributed by atoms with Crippen LogP contribution in [0.5, 0.6) is 0 Å². The predicted octanol–water partition coefficient (Wildman–Crippen LogP) is 5.96. The molecule has 5 heteroatoms. The van der Waals surface area contributed by atoms with Crippen LogP contribution in [0.3, 0.4) is 0 Å². The van der Waals surface area contributed by atoms with Gasteiger partial charge in [-0.3, -0.25) is 0 Å². The molecule has 1 aliphatic rings. The van der Waals surface area contributed by atoms with Crippen LogP contribution in [0.1, 0.15) is 53.3 Å². The molecule has 2 N–H and O–H groups in total. The summed E-state index contributed by atoms with van der Waals surface area (Å²) in [6, 6.07) is 18.3. The molecule has 5 rings (SSSR count). The van der Waals surface area contributed by atoms with Gasteiger partial charge < -0.3 is 10.4 Å². The number of anilines is 2. The van der Waals surface area contributed by atoms with Crippen molar-refractivity contribution in [3.63, 3.8) is 0 Å². The number of benzene rings is 2. The Morgan fingerprint density at radius 1 is 1.03 bits per heavy atom. The number of rotatable bonds is 5. The van der Waals surface area contributed by atoms with E-state index < -0.39 is 6.10 Å². The number of nitrogens with one attached hydrogen (secondary N) is 1. The van der Waals surface area contributed by atoms with Crippen molar-refractivity contribution in [3.05, 3.63) is 82.0 Å². The lowest BCUT2D eigenvalue weighted by molar-refractivity contribution is 0.199. The lowest BCUT2D eigenvalue weighted by Crippen LogP contribution is -2.04. The van der Waals surface area contributed by atoms with Crippen LogP contribution in [0.4, 0.5) is 11.5 Å². The van der Waals surface area contributed by atoms with Crippen LogP contribution in [-0.4, -0.2) is 15.1 Å². The number of hydrogen-bond acceptors (Lipinski definition) is 5. The quantitative estimate of drug-likeness (QED) is 0.422. The Bertz CT molecular complexity index is 1180. The van der Waals surface area contributed by atoms with Gasteiger partial charge in [0.15, 0.2) is 0 Å². The molecular weight excluding hydrogens is 390 g/mol. The molecular formula is C25H25N3OS. The summed E-state index contributed by atoms with van der Waals surface area (Å²) < 4.78 is 0. The molecule has 1 aliphatic carbocycles. The first kappa shape index (κ1) is 19.2. The average molecular weight is 416 g/mol. The van der Waals surface area contributed by atoms with Gasteiger partial charge >= 0.3 is 0 Å². The molecule has 30 heavy (non-hydrogen) atoms. The molecule has 0 radical (unpaired) electrons. The Hall–Kier alpha value is -2.76. The monoisotopic (exact) mass is 415 g/mol. The summed E-state index contributed by atoms with van der Waals surface area (Å²) in [5.74, 6) is 1.72. The standard InChI is InChI=1S/C25H25N3OS/c1-16(29)18-10-7-11-19(15-18)26-24-23-20-12-5-6-13-21(20)30-25(23)28-22(27-24)14-17-8-3-2-4-9-17/h2-4,7-11,15-16,29H,5-6,12-14H2,1H3,(H,26,27,28). The molecule has 4 aromatic rings. The zero-order chi connectivity index (χ0) is 20.5. The van der Waals surface area contributed by atoms with Crippen molar-refractivity contribution in [2.75, 3.05) is 5.32 Å². The zero-order valence-corrected chi connectivity index (χ0v) is 17.9. The van der Waals surface area contributed by atoms with Crippen molar-refractivity contribution in [1.29, 1.82) is 0 Å². The summed E-state index contributed by atoms with van der Waals surface area (Å²) >= 11 is 1.83. The number of nitrogens with zero attached hydrogens (tertiary/aromatic N) is 2. The highest BCUT2D eigenvalue weighted by Crippen LogP contribution is 2.39. The number of thiophene rings is 1. The van der Waals surface area contributed by atoms with E-state index in [-0.39, 0.29) is 0 Å². The highest BCUT2D eigenvalue weighted by atomic mass is 32.1. The molecule has 0 saturated heterocycles. The van der Waals surface area contributed by atoms with Crippen LogP contribution in [0, 0.1) is 0 Å². The molecule has 0 saturated carbocycles. The maximum Gasteiger partial charge on any atom is 0.143 e. The van der Waals surface area contributed by atoms with Gasteiger partial charge in [-0.15, -0.1) is 11.3 Å². The van der Waals surface area contributed by atoms with Crippen molar-refractivity contribution in [3.8, 4) is 0 Å². The van der Waals surface area contributed by atoms with Crippen molar-refractivity contribution in [2.24, 2.45) is 0 Å². The number of aliphatic hydroxyl groups excluding tert-OH is 1. The first-order chi connectivity index (χ1) is 14.7. The summed E-state index contributed by atoms with van der Waals surface area (Å²) in [5.41, 5.74) is 4.46. The van der Waals surface area contributed by atoms with Crippen LogP contribution in [0.25, 0.3) is 10.2 Å². The smallest absolute Gasteiger partial charge is 0.143 e. The van der Waals surface area contributed by atoms with E-state index in [2.05, 4.69) is 29.6 Å². The van der Waals surface area contributed by atoms with Gasteiger partial charge in [0.2, 0.25) is 0 Å². The molecule has 1 atom stereocenters. The minimum Gasteiger partial charge on any atom is -0.389 e. The van der Waals surface area contributed by atoms with Gasteiger partial charge in [0.1, 0.15) is 16.5 Å². The lowest BCUT2D eigenvalue weighted by atomic mass is 9.97. The third kappa shape index (κ3) is 3.83. The van der Waals surface area contributed by atoms with E-state index in [1.807, 2.05) is 41.7 Å². The SMILES string of the molecule is CC(O)c1cccc(Nc2nc(Cc3ccccc3)nc3sc4c(c23)CCCC4)c1.